The van der Waals surface area contributed by atoms with Crippen molar-refractivity contribution in [3.05, 3.63) is 35.9 Å². The van der Waals surface area contributed by atoms with E-state index in [0.717, 1.165) is 44.5 Å². The van der Waals surface area contributed by atoms with Gasteiger partial charge in [-0.2, -0.15) is 0 Å². The van der Waals surface area contributed by atoms with E-state index in [1.54, 1.807) is 11.9 Å². The van der Waals surface area contributed by atoms with E-state index in [2.05, 4.69) is 46.8 Å². The van der Waals surface area contributed by atoms with Gasteiger partial charge >= 0.3 is 0 Å². The number of carbonyl (C=O) groups excluding carboxylic acids is 1. The molecule has 1 saturated carbocycles. The van der Waals surface area contributed by atoms with E-state index >= 15 is 0 Å². The molecule has 1 aliphatic carbocycles. The molecule has 1 aromatic rings. The summed E-state index contributed by atoms with van der Waals surface area (Å²) in [6.07, 6.45) is 6.23. The molecule has 27 heavy (non-hydrogen) atoms. The normalized spacial score (nSPS) is 17.0. The van der Waals surface area contributed by atoms with Crippen molar-refractivity contribution in [2.45, 2.75) is 51.5 Å². The minimum absolute atomic E-state index is 0. The summed E-state index contributed by atoms with van der Waals surface area (Å²) >= 11 is 0. The number of carbonyl (C=O) groups is 1. The summed E-state index contributed by atoms with van der Waals surface area (Å²) in [5.74, 6) is 1.01. The second-order valence-electron chi connectivity index (χ2n) is 7.68. The van der Waals surface area contributed by atoms with E-state index < -0.39 is 0 Å². The summed E-state index contributed by atoms with van der Waals surface area (Å²) in [7, 11) is 5.48. The molecule has 2 rings (SSSR count). The minimum Gasteiger partial charge on any atom is -0.355 e. The van der Waals surface area contributed by atoms with Gasteiger partial charge < -0.3 is 15.5 Å². The van der Waals surface area contributed by atoms with Gasteiger partial charge in [-0.1, -0.05) is 43.2 Å². The maximum atomic E-state index is 12.7. The highest BCUT2D eigenvalue weighted by molar-refractivity contribution is 14.0. The lowest BCUT2D eigenvalue weighted by Crippen LogP contribution is -2.50. The van der Waals surface area contributed by atoms with Crippen LogP contribution in [0, 0.1) is 5.41 Å². The zero-order chi connectivity index (χ0) is 19.0. The van der Waals surface area contributed by atoms with Crippen LogP contribution in [-0.4, -0.2) is 50.5 Å². The van der Waals surface area contributed by atoms with Gasteiger partial charge in [-0.3, -0.25) is 9.79 Å². The molecule has 0 aliphatic heterocycles. The van der Waals surface area contributed by atoms with E-state index in [0.29, 0.717) is 12.6 Å². The Balaban J connectivity index is 0.00000364. The van der Waals surface area contributed by atoms with E-state index in [1.807, 2.05) is 20.2 Å². The summed E-state index contributed by atoms with van der Waals surface area (Å²) in [6.45, 7) is 2.82. The molecule has 1 aliphatic rings. The molecule has 0 spiro atoms. The van der Waals surface area contributed by atoms with Crippen LogP contribution in [0.15, 0.2) is 35.3 Å². The number of hydrogen-bond donors (Lipinski definition) is 2. The molecule has 1 amide bonds. The molecule has 2 N–H and O–H groups in total. The highest BCUT2D eigenvalue weighted by Crippen LogP contribution is 2.38. The number of nitrogens with one attached hydrogen (secondary N) is 2. The summed E-state index contributed by atoms with van der Waals surface area (Å²) in [4.78, 5) is 18.8. The molecule has 0 radical (unpaired) electrons. The lowest BCUT2D eigenvalue weighted by molar-refractivity contribution is -0.138. The van der Waals surface area contributed by atoms with Crippen molar-refractivity contribution < 1.29 is 4.79 Å². The second kappa shape index (κ2) is 11.5. The lowest BCUT2D eigenvalue weighted by Gasteiger charge is -2.31. The first-order valence-corrected chi connectivity index (χ1v) is 9.70. The number of benzene rings is 1. The average molecular weight is 486 g/mol. The minimum atomic E-state index is -0.283. The van der Waals surface area contributed by atoms with Gasteiger partial charge in [-0.15, -0.1) is 24.0 Å². The SMILES string of the molecule is CN=C(NCC1(C(=O)N(C)C)CCCC1)NC(C)CCc1ccccc1.I. The van der Waals surface area contributed by atoms with Crippen molar-refractivity contribution in [2.75, 3.05) is 27.7 Å². The maximum absolute atomic E-state index is 12.7. The lowest BCUT2D eigenvalue weighted by atomic mass is 9.84. The van der Waals surface area contributed by atoms with E-state index in [9.17, 15) is 4.79 Å². The van der Waals surface area contributed by atoms with Gasteiger partial charge in [0.05, 0.1) is 5.41 Å². The molecule has 1 unspecified atom stereocenters. The maximum Gasteiger partial charge on any atom is 0.230 e. The number of halogens is 1. The molecule has 0 saturated heterocycles. The molecule has 6 heteroatoms. The van der Waals surface area contributed by atoms with E-state index in [1.165, 1.54) is 5.56 Å². The van der Waals surface area contributed by atoms with Gasteiger partial charge in [0, 0.05) is 33.7 Å². The number of amides is 1. The van der Waals surface area contributed by atoms with Gasteiger partial charge in [0.15, 0.2) is 5.96 Å². The Labute approximate surface area is 181 Å². The highest BCUT2D eigenvalue weighted by Gasteiger charge is 2.42. The van der Waals surface area contributed by atoms with Crippen LogP contribution in [0.25, 0.3) is 0 Å². The van der Waals surface area contributed by atoms with Crippen molar-refractivity contribution in [1.29, 1.82) is 0 Å². The Morgan fingerprint density at radius 2 is 1.85 bits per heavy atom. The fourth-order valence-electron chi connectivity index (χ4n) is 3.77. The number of guanidine groups is 1. The number of hydrogen-bond acceptors (Lipinski definition) is 2. The van der Waals surface area contributed by atoms with Crippen LogP contribution in [-0.2, 0) is 11.2 Å². The summed E-state index contributed by atoms with van der Waals surface area (Å²) in [5.41, 5.74) is 1.07. The third-order valence-corrected chi connectivity index (χ3v) is 5.33. The molecule has 0 heterocycles. The van der Waals surface area contributed by atoms with Crippen molar-refractivity contribution >= 4 is 35.8 Å². The molecule has 5 nitrogen and oxygen atoms in total. The molecule has 152 valence electrons. The van der Waals surface area contributed by atoms with Gasteiger partial charge in [-0.25, -0.2) is 0 Å². The average Bonchev–Trinajstić information content (AvgIpc) is 3.13. The number of aryl methyl sites for hydroxylation is 1. The summed E-state index contributed by atoms with van der Waals surface area (Å²) in [5, 5.41) is 6.87. The van der Waals surface area contributed by atoms with Crippen molar-refractivity contribution in [3.8, 4) is 0 Å². The smallest absolute Gasteiger partial charge is 0.230 e. The number of aliphatic imine (C=N–C) groups is 1. The Bertz CT molecular complexity index is 597. The van der Waals surface area contributed by atoms with Crippen molar-refractivity contribution in [1.82, 2.24) is 15.5 Å². The van der Waals surface area contributed by atoms with Crippen LogP contribution in [0.3, 0.4) is 0 Å². The fraction of sp³-hybridized carbons (Fsp3) is 0.619. The largest absolute Gasteiger partial charge is 0.355 e. The van der Waals surface area contributed by atoms with Crippen LogP contribution in [0.2, 0.25) is 0 Å². The molecule has 0 aromatic heterocycles. The van der Waals surface area contributed by atoms with Crippen molar-refractivity contribution in [3.63, 3.8) is 0 Å². The predicted molar refractivity (Wildman–Crippen MR) is 124 cm³/mol. The first-order valence-electron chi connectivity index (χ1n) is 9.70. The van der Waals surface area contributed by atoms with Crippen LogP contribution >= 0.6 is 24.0 Å². The summed E-state index contributed by atoms with van der Waals surface area (Å²) in [6, 6.07) is 10.8. The fourth-order valence-corrected chi connectivity index (χ4v) is 3.77. The van der Waals surface area contributed by atoms with Crippen molar-refractivity contribution in [2.24, 2.45) is 10.4 Å². The Morgan fingerprint density at radius 3 is 2.41 bits per heavy atom. The number of nitrogens with zero attached hydrogens (tertiary/aromatic N) is 2. The third kappa shape index (κ3) is 6.97. The topological polar surface area (TPSA) is 56.7 Å². The zero-order valence-corrected chi connectivity index (χ0v) is 19.5. The van der Waals surface area contributed by atoms with Gasteiger partial charge in [0.2, 0.25) is 5.91 Å². The Morgan fingerprint density at radius 1 is 1.22 bits per heavy atom. The Kier molecular flexibility index (Phi) is 10.1. The molecule has 1 aromatic carbocycles. The predicted octanol–water partition coefficient (Wildman–Crippen LogP) is 3.44. The van der Waals surface area contributed by atoms with Gasteiger partial charge in [-0.05, 0) is 38.2 Å². The highest BCUT2D eigenvalue weighted by atomic mass is 127. The monoisotopic (exact) mass is 486 g/mol. The van der Waals surface area contributed by atoms with Crippen LogP contribution in [0.5, 0.6) is 0 Å². The molecule has 0 bridgehead atoms. The van der Waals surface area contributed by atoms with Gasteiger partial charge in [0.25, 0.3) is 0 Å². The van der Waals surface area contributed by atoms with Crippen LogP contribution < -0.4 is 10.6 Å². The standard InChI is InChI=1S/C21H34N4O.HI/c1-17(12-13-18-10-6-5-7-11-18)24-20(22-2)23-16-21(14-8-9-15-21)19(26)25(3)4;/h5-7,10-11,17H,8-9,12-16H2,1-4H3,(H2,22,23,24);1H. The van der Waals surface area contributed by atoms with Crippen LogP contribution in [0.4, 0.5) is 0 Å². The van der Waals surface area contributed by atoms with E-state index in [4.69, 9.17) is 0 Å². The van der Waals surface area contributed by atoms with Gasteiger partial charge in [0.1, 0.15) is 0 Å². The third-order valence-electron chi connectivity index (χ3n) is 5.33. The molecule has 1 atom stereocenters. The first kappa shape index (κ1) is 23.7. The molecular formula is C21H35IN4O. The quantitative estimate of drug-likeness (QED) is 0.353. The molecular weight excluding hydrogens is 451 g/mol. The first-order chi connectivity index (χ1) is 12.5. The molecule has 1 fully saturated rings. The van der Waals surface area contributed by atoms with Crippen LogP contribution in [0.1, 0.15) is 44.6 Å². The van der Waals surface area contributed by atoms with E-state index in [-0.39, 0.29) is 35.3 Å². The zero-order valence-electron chi connectivity index (χ0n) is 17.1. The summed E-state index contributed by atoms with van der Waals surface area (Å²) < 4.78 is 0. The number of rotatable bonds is 7. The second-order valence-corrected chi connectivity index (χ2v) is 7.68. The Hall–Kier alpha value is -1.31.